The quantitative estimate of drug-likeness (QED) is 0.796. The van der Waals surface area contributed by atoms with Crippen molar-refractivity contribution in [1.82, 2.24) is 10.2 Å². The lowest BCUT2D eigenvalue weighted by Crippen LogP contribution is -2.34. The van der Waals surface area contributed by atoms with E-state index in [4.69, 9.17) is 0 Å². The lowest BCUT2D eigenvalue weighted by molar-refractivity contribution is -0.137. The van der Waals surface area contributed by atoms with Crippen molar-refractivity contribution in [3.8, 4) is 0 Å². The average molecular weight is 356 g/mol. The Morgan fingerprint density at radius 1 is 1.12 bits per heavy atom. The van der Waals surface area contributed by atoms with Gasteiger partial charge < -0.3 is 10.2 Å². The van der Waals surface area contributed by atoms with Crippen LogP contribution in [0.2, 0.25) is 0 Å². The van der Waals surface area contributed by atoms with Gasteiger partial charge in [-0.3, -0.25) is 9.59 Å². The zero-order chi connectivity index (χ0) is 18.3. The normalized spacial score (nSPS) is 15.8. The van der Waals surface area contributed by atoms with E-state index in [0.717, 1.165) is 37.9 Å². The van der Waals surface area contributed by atoms with E-state index in [9.17, 15) is 22.8 Å². The van der Waals surface area contributed by atoms with Crippen LogP contribution in [0.15, 0.2) is 24.3 Å². The van der Waals surface area contributed by atoms with Crippen molar-refractivity contribution < 1.29 is 22.8 Å². The molecule has 25 heavy (non-hydrogen) atoms. The maximum atomic E-state index is 12.5. The standard InChI is InChI=1S/C18H23F3N2O2/c19-18(20,21)15-8-6-14(7-9-15)13-16(24)22-10-4-12-23-11-3-1-2-5-17(23)25/h6-9H,1-5,10-13H2,(H,22,24). The number of hydrogen-bond acceptors (Lipinski definition) is 2. The molecule has 0 atom stereocenters. The van der Waals surface area contributed by atoms with Crippen LogP contribution in [0.4, 0.5) is 13.2 Å². The second-order valence-corrected chi connectivity index (χ2v) is 6.27. The first-order valence-corrected chi connectivity index (χ1v) is 8.57. The summed E-state index contributed by atoms with van der Waals surface area (Å²) in [5.74, 6) is -0.0597. The molecular formula is C18H23F3N2O2. The van der Waals surface area contributed by atoms with Gasteiger partial charge in [-0.1, -0.05) is 18.6 Å². The number of benzene rings is 1. The lowest BCUT2D eigenvalue weighted by Gasteiger charge is -2.20. The monoisotopic (exact) mass is 356 g/mol. The molecule has 7 heteroatoms. The van der Waals surface area contributed by atoms with E-state index < -0.39 is 11.7 Å². The van der Waals surface area contributed by atoms with E-state index in [1.165, 1.54) is 12.1 Å². The summed E-state index contributed by atoms with van der Waals surface area (Å²) in [7, 11) is 0. The molecule has 0 spiro atoms. The Labute approximate surface area is 145 Å². The molecule has 1 aliphatic rings. The van der Waals surface area contributed by atoms with Gasteiger partial charge in [0.1, 0.15) is 0 Å². The molecule has 1 aromatic rings. The highest BCUT2D eigenvalue weighted by Crippen LogP contribution is 2.29. The highest BCUT2D eigenvalue weighted by atomic mass is 19.4. The van der Waals surface area contributed by atoms with Crippen molar-refractivity contribution >= 4 is 11.8 Å². The minimum Gasteiger partial charge on any atom is -0.356 e. The molecule has 0 unspecified atom stereocenters. The molecule has 0 aromatic heterocycles. The second kappa shape index (κ2) is 8.87. The molecule has 1 fully saturated rings. The van der Waals surface area contributed by atoms with Gasteiger partial charge in [0.25, 0.3) is 0 Å². The summed E-state index contributed by atoms with van der Waals surface area (Å²) in [6.45, 7) is 1.85. The van der Waals surface area contributed by atoms with Crippen molar-refractivity contribution in [3.05, 3.63) is 35.4 Å². The van der Waals surface area contributed by atoms with Crippen molar-refractivity contribution in [2.45, 2.75) is 44.7 Å². The van der Waals surface area contributed by atoms with E-state index in [1.807, 2.05) is 4.90 Å². The molecule has 1 heterocycles. The highest BCUT2D eigenvalue weighted by Gasteiger charge is 2.29. The first kappa shape index (κ1) is 19.3. The van der Waals surface area contributed by atoms with Gasteiger partial charge in [-0.2, -0.15) is 13.2 Å². The number of carbonyl (C=O) groups excluding carboxylic acids is 2. The molecular weight excluding hydrogens is 333 g/mol. The Bertz CT molecular complexity index is 585. The number of carbonyl (C=O) groups is 2. The smallest absolute Gasteiger partial charge is 0.356 e. The van der Waals surface area contributed by atoms with Crippen LogP contribution in [-0.2, 0) is 22.2 Å². The predicted octanol–water partition coefficient (Wildman–Crippen LogP) is 3.16. The average Bonchev–Trinajstić information content (AvgIpc) is 2.76. The number of nitrogens with one attached hydrogen (secondary N) is 1. The van der Waals surface area contributed by atoms with Crippen LogP contribution in [0.5, 0.6) is 0 Å². The zero-order valence-electron chi connectivity index (χ0n) is 14.1. The fraction of sp³-hybridized carbons (Fsp3) is 0.556. The second-order valence-electron chi connectivity index (χ2n) is 6.27. The van der Waals surface area contributed by atoms with E-state index in [0.29, 0.717) is 31.5 Å². The van der Waals surface area contributed by atoms with Gasteiger partial charge in [0, 0.05) is 26.1 Å². The Balaban J connectivity index is 1.69. The molecule has 0 radical (unpaired) electrons. The summed E-state index contributed by atoms with van der Waals surface area (Å²) >= 11 is 0. The molecule has 1 N–H and O–H groups in total. The summed E-state index contributed by atoms with van der Waals surface area (Å²) in [6, 6.07) is 4.59. The fourth-order valence-electron chi connectivity index (χ4n) is 2.83. The summed E-state index contributed by atoms with van der Waals surface area (Å²) < 4.78 is 37.5. The summed E-state index contributed by atoms with van der Waals surface area (Å²) in [5, 5.41) is 2.75. The van der Waals surface area contributed by atoms with Crippen LogP contribution < -0.4 is 5.32 Å². The molecule has 2 amide bonds. The molecule has 1 aromatic carbocycles. The molecule has 138 valence electrons. The number of rotatable bonds is 6. The van der Waals surface area contributed by atoms with Crippen molar-refractivity contribution in [2.75, 3.05) is 19.6 Å². The summed E-state index contributed by atoms with van der Waals surface area (Å²) in [5.41, 5.74) is -0.188. The predicted molar refractivity (Wildman–Crippen MR) is 87.8 cm³/mol. The number of likely N-dealkylation sites (tertiary alicyclic amines) is 1. The van der Waals surface area contributed by atoms with Gasteiger partial charge in [-0.05, 0) is 37.0 Å². The van der Waals surface area contributed by atoms with Crippen LogP contribution in [0, 0.1) is 0 Å². The largest absolute Gasteiger partial charge is 0.416 e. The third kappa shape index (κ3) is 6.40. The van der Waals surface area contributed by atoms with Gasteiger partial charge in [0.2, 0.25) is 11.8 Å². The maximum absolute atomic E-state index is 12.5. The molecule has 1 aliphatic heterocycles. The van der Waals surface area contributed by atoms with Crippen molar-refractivity contribution in [2.24, 2.45) is 0 Å². The third-order valence-corrected chi connectivity index (χ3v) is 4.24. The number of alkyl halides is 3. The SMILES string of the molecule is O=C(Cc1ccc(C(F)(F)F)cc1)NCCCN1CCCCCC1=O. The number of nitrogens with zero attached hydrogens (tertiary/aromatic N) is 1. The molecule has 2 rings (SSSR count). The Morgan fingerprint density at radius 2 is 1.84 bits per heavy atom. The number of hydrogen-bond donors (Lipinski definition) is 1. The van der Waals surface area contributed by atoms with Crippen molar-refractivity contribution in [3.63, 3.8) is 0 Å². The minimum atomic E-state index is -4.37. The van der Waals surface area contributed by atoms with E-state index in [-0.39, 0.29) is 18.2 Å². The van der Waals surface area contributed by atoms with Crippen LogP contribution in [-0.4, -0.2) is 36.3 Å². The lowest BCUT2D eigenvalue weighted by atomic mass is 10.1. The highest BCUT2D eigenvalue weighted by molar-refractivity contribution is 5.78. The van der Waals surface area contributed by atoms with Gasteiger partial charge in [-0.15, -0.1) is 0 Å². The summed E-state index contributed by atoms with van der Waals surface area (Å²) in [6.07, 6.45) is -0.0194. The van der Waals surface area contributed by atoms with Gasteiger partial charge in [-0.25, -0.2) is 0 Å². The fourth-order valence-corrected chi connectivity index (χ4v) is 2.83. The van der Waals surface area contributed by atoms with Crippen LogP contribution >= 0.6 is 0 Å². The van der Waals surface area contributed by atoms with Gasteiger partial charge in [0.05, 0.1) is 12.0 Å². The molecule has 4 nitrogen and oxygen atoms in total. The Kier molecular flexibility index (Phi) is 6.84. The number of amides is 2. The summed E-state index contributed by atoms with van der Waals surface area (Å²) in [4.78, 5) is 25.5. The van der Waals surface area contributed by atoms with Gasteiger partial charge >= 0.3 is 6.18 Å². The Morgan fingerprint density at radius 3 is 2.52 bits per heavy atom. The molecule has 1 saturated heterocycles. The zero-order valence-corrected chi connectivity index (χ0v) is 14.1. The van der Waals surface area contributed by atoms with Crippen molar-refractivity contribution in [1.29, 1.82) is 0 Å². The molecule has 0 bridgehead atoms. The van der Waals surface area contributed by atoms with Crippen LogP contribution in [0.25, 0.3) is 0 Å². The molecule has 0 aliphatic carbocycles. The third-order valence-electron chi connectivity index (χ3n) is 4.24. The van der Waals surface area contributed by atoms with E-state index in [2.05, 4.69) is 5.32 Å². The van der Waals surface area contributed by atoms with E-state index >= 15 is 0 Å². The topological polar surface area (TPSA) is 49.4 Å². The van der Waals surface area contributed by atoms with Gasteiger partial charge in [0.15, 0.2) is 0 Å². The first-order chi connectivity index (χ1) is 11.9. The molecule has 0 saturated carbocycles. The first-order valence-electron chi connectivity index (χ1n) is 8.57. The Hall–Kier alpha value is -2.05. The van der Waals surface area contributed by atoms with E-state index in [1.54, 1.807) is 0 Å². The van der Waals surface area contributed by atoms with Crippen LogP contribution in [0.1, 0.15) is 43.2 Å². The van der Waals surface area contributed by atoms with Crippen LogP contribution in [0.3, 0.4) is 0 Å². The maximum Gasteiger partial charge on any atom is 0.416 e. The number of halogens is 3. The minimum absolute atomic E-state index is 0.0424.